The Morgan fingerprint density at radius 2 is 0.760 bits per heavy atom. The lowest BCUT2D eigenvalue weighted by Crippen LogP contribution is -2.75. The summed E-state index contributed by atoms with van der Waals surface area (Å²) in [7, 11) is -11.4. The van der Waals surface area contributed by atoms with E-state index in [1.807, 2.05) is 0 Å². The number of methoxy groups -OCH3 is 1. The van der Waals surface area contributed by atoms with Gasteiger partial charge in [-0.3, -0.25) is 0 Å². The van der Waals surface area contributed by atoms with E-state index in [0.29, 0.717) is 0 Å². The molecule has 0 saturated heterocycles. The largest absolute Gasteiger partial charge is 0.497 e. The molecule has 0 unspecified atom stereocenters. The molecule has 0 bridgehead atoms. The second-order valence-corrected chi connectivity index (χ2v) is 14.3. The van der Waals surface area contributed by atoms with Crippen molar-refractivity contribution in [2.24, 2.45) is 0 Å². The zero-order valence-corrected chi connectivity index (χ0v) is 25.6. The zero-order valence-electron chi connectivity index (χ0n) is 24.0. The van der Waals surface area contributed by atoms with Crippen LogP contribution in [0.25, 0.3) is 0 Å². The Morgan fingerprint density at radius 3 is 1.10 bits per heavy atom. The number of halogens is 17. The van der Waals surface area contributed by atoms with Crippen molar-refractivity contribution in [1.29, 1.82) is 0 Å². The van der Waals surface area contributed by atoms with Gasteiger partial charge >= 0.3 is 57.1 Å². The summed E-state index contributed by atoms with van der Waals surface area (Å²) in [6, 6.07) is 14.5. The molecule has 0 saturated carbocycles. The molecule has 4 nitrogen and oxygen atoms in total. The summed E-state index contributed by atoms with van der Waals surface area (Å²) in [5.41, 5.74) is 0. The van der Waals surface area contributed by atoms with Crippen LogP contribution in [0.3, 0.4) is 0 Å². The molecule has 0 fully saturated rings. The molecule has 3 rings (SSSR count). The van der Waals surface area contributed by atoms with Crippen LogP contribution in [-0.2, 0) is 13.7 Å². The van der Waals surface area contributed by atoms with Gasteiger partial charge in [-0.25, -0.2) is 3.63 Å². The molecule has 0 aliphatic heterocycles. The van der Waals surface area contributed by atoms with Gasteiger partial charge in [0.2, 0.25) is 0 Å². The van der Waals surface area contributed by atoms with E-state index in [2.05, 4.69) is 3.63 Å². The molecule has 0 radical (unpaired) electrons. The van der Waals surface area contributed by atoms with Crippen molar-refractivity contribution in [2.75, 3.05) is 7.11 Å². The molecule has 0 aromatic heterocycles. The molecule has 0 amide bonds. The molecule has 0 aliphatic rings. The Hall–Kier alpha value is -3.47. The van der Waals surface area contributed by atoms with Gasteiger partial charge in [-0.15, -0.1) is 0 Å². The summed E-state index contributed by atoms with van der Waals surface area (Å²) in [4.78, 5) is -1.58. The van der Waals surface area contributed by atoms with E-state index in [1.165, 1.54) is 12.1 Å². The minimum absolute atomic E-state index is 0.0152. The van der Waals surface area contributed by atoms with E-state index in [9.17, 15) is 74.3 Å². The third kappa shape index (κ3) is 5.81. The molecule has 0 heterocycles. The van der Waals surface area contributed by atoms with Gasteiger partial charge in [-0.05, 0) is 58.8 Å². The fourth-order valence-electron chi connectivity index (χ4n) is 4.00. The fraction of sp³-hybridized carbons (Fsp3) is 0.333. The first kappa shape index (κ1) is 41.0. The molecular weight excluding hydrogens is 775 g/mol. The van der Waals surface area contributed by atoms with E-state index in [4.69, 9.17) is 4.74 Å². The second-order valence-electron chi connectivity index (χ2n) is 9.84. The smallest absolute Gasteiger partial charge is 0.460 e. The van der Waals surface area contributed by atoms with Gasteiger partial charge in [0.05, 0.1) is 7.11 Å². The first-order valence-electron chi connectivity index (χ1n) is 12.7. The van der Waals surface area contributed by atoms with Crippen molar-refractivity contribution in [2.45, 2.75) is 61.7 Å². The molecule has 23 heteroatoms. The summed E-state index contributed by atoms with van der Waals surface area (Å²) >= 11 is 0. The van der Waals surface area contributed by atoms with Crippen LogP contribution in [0.1, 0.15) is 0 Å². The highest BCUT2D eigenvalue weighted by molar-refractivity contribution is 8.33. The Bertz CT molecular complexity index is 1710. The lowest BCUT2D eigenvalue weighted by molar-refractivity contribution is -0.458. The van der Waals surface area contributed by atoms with E-state index in [-0.39, 0.29) is 5.75 Å². The van der Waals surface area contributed by atoms with Gasteiger partial charge in [0.1, 0.15) is 5.75 Å². The summed E-state index contributed by atoms with van der Waals surface area (Å²) < 4.78 is 272. The number of hydrogen-bond acceptors (Lipinski definition) is 4. The summed E-state index contributed by atoms with van der Waals surface area (Å²) in [6.07, 6.45) is -7.93. The van der Waals surface area contributed by atoms with Gasteiger partial charge in [0, 0.05) is 14.7 Å². The molecular formula is C27H17F17O4S2. The average molecular weight is 793 g/mol. The molecule has 280 valence electrons. The van der Waals surface area contributed by atoms with Crippen LogP contribution in [0.4, 0.5) is 74.6 Å². The maximum atomic E-state index is 15.3. The maximum absolute atomic E-state index is 15.3. The summed E-state index contributed by atoms with van der Waals surface area (Å²) in [6.45, 7) is 0. The molecule has 0 atom stereocenters. The average Bonchev–Trinajstić information content (AvgIpc) is 3.03. The van der Waals surface area contributed by atoms with Gasteiger partial charge in [0.25, 0.3) is 0 Å². The van der Waals surface area contributed by atoms with Crippen molar-refractivity contribution in [3.8, 4) is 5.75 Å². The number of ether oxygens (including phenoxy) is 1. The Labute approximate surface area is 271 Å². The van der Waals surface area contributed by atoms with Crippen molar-refractivity contribution in [3.05, 3.63) is 84.9 Å². The number of alkyl halides is 17. The molecule has 3 aromatic rings. The van der Waals surface area contributed by atoms with Crippen LogP contribution >= 0.6 is 10.3 Å². The topological polar surface area (TPSA) is 52.6 Å². The zero-order chi connectivity index (χ0) is 38.6. The van der Waals surface area contributed by atoms with Crippen molar-refractivity contribution < 1.29 is 91.4 Å². The van der Waals surface area contributed by atoms with Crippen LogP contribution in [0, 0.1) is 0 Å². The highest BCUT2D eigenvalue weighted by Crippen LogP contribution is 2.72. The van der Waals surface area contributed by atoms with E-state index < -0.39 is 82.1 Å². The molecule has 50 heavy (non-hydrogen) atoms. The Kier molecular flexibility index (Phi) is 10.3. The highest BCUT2D eigenvalue weighted by Gasteiger charge is 2.96. The highest BCUT2D eigenvalue weighted by atomic mass is 32.3. The Balaban J connectivity index is 2.31. The molecule has 0 aliphatic carbocycles. The van der Waals surface area contributed by atoms with Crippen LogP contribution < -0.4 is 4.74 Å². The van der Waals surface area contributed by atoms with Crippen LogP contribution in [0.5, 0.6) is 5.75 Å². The summed E-state index contributed by atoms with van der Waals surface area (Å²) in [5.74, 6) is -52.4. The van der Waals surface area contributed by atoms with E-state index in [1.54, 1.807) is 0 Å². The first-order chi connectivity index (χ1) is 22.5. The first-order valence-corrected chi connectivity index (χ1v) is 15.7. The fourth-order valence-corrected chi connectivity index (χ4v) is 9.22. The van der Waals surface area contributed by atoms with E-state index in [0.717, 1.165) is 79.9 Å². The summed E-state index contributed by atoms with van der Waals surface area (Å²) in [5, 5.41) is -7.88. The number of benzene rings is 3. The monoisotopic (exact) mass is 792 g/mol. The van der Waals surface area contributed by atoms with E-state index >= 15 is 8.78 Å². The van der Waals surface area contributed by atoms with Gasteiger partial charge in [0.15, 0.2) is 0 Å². The van der Waals surface area contributed by atoms with Crippen LogP contribution in [-0.4, -0.2) is 62.5 Å². The standard InChI is InChI=1S/C27H17F17O4S2/c1-47-16-12-14-19(15-13-16)49(17-8-4-2-5-9-17,18-10-6-3-7-11-18)48-50(45,46)27(43,44)25(38,39)23(34,35)21(30,31)20(28,29)22(32,33)24(36,37)26(40,41)42/h2-15H,1H3. The Morgan fingerprint density at radius 1 is 0.440 bits per heavy atom. The van der Waals surface area contributed by atoms with Gasteiger partial charge < -0.3 is 4.74 Å². The normalized spacial score (nSPS) is 15.2. The molecule has 0 spiro atoms. The number of hydrogen-bond donors (Lipinski definition) is 0. The minimum Gasteiger partial charge on any atom is -0.497 e. The van der Waals surface area contributed by atoms with Crippen molar-refractivity contribution in [1.82, 2.24) is 0 Å². The lowest BCUT2D eigenvalue weighted by atomic mass is 9.91. The molecule has 0 N–H and O–H groups in total. The lowest BCUT2D eigenvalue weighted by Gasteiger charge is -2.43. The minimum atomic E-state index is -8.97. The van der Waals surface area contributed by atoms with Crippen molar-refractivity contribution in [3.63, 3.8) is 0 Å². The van der Waals surface area contributed by atoms with Crippen LogP contribution in [0.15, 0.2) is 99.6 Å². The third-order valence-corrected chi connectivity index (χ3v) is 12.0. The number of rotatable bonds is 13. The molecule has 3 aromatic carbocycles. The van der Waals surface area contributed by atoms with Crippen LogP contribution in [0.2, 0.25) is 0 Å². The quantitative estimate of drug-likeness (QED) is 0.162. The van der Waals surface area contributed by atoms with Gasteiger partial charge in [-0.2, -0.15) is 83.1 Å². The van der Waals surface area contributed by atoms with Crippen molar-refractivity contribution >= 4 is 20.4 Å². The second kappa shape index (κ2) is 12.6. The van der Waals surface area contributed by atoms with Gasteiger partial charge in [-0.1, -0.05) is 36.4 Å². The maximum Gasteiger partial charge on any atom is 0.460 e. The SMILES string of the molecule is COc1ccc(S(OS(=O)(=O)C(F)(F)C(F)(F)C(F)(F)C(F)(F)C(F)(F)C(F)(F)C(F)(F)C(F)(F)F)(c2ccccc2)c2ccccc2)cc1. The third-order valence-electron chi connectivity index (χ3n) is 6.74. The predicted octanol–water partition coefficient (Wildman–Crippen LogP) is 10.2. The predicted molar refractivity (Wildman–Crippen MR) is 139 cm³/mol.